The van der Waals surface area contributed by atoms with E-state index >= 15 is 0 Å². The number of carbonyl (C=O) groups is 3. The largest absolute Gasteiger partial charge is 0.322 e. The van der Waals surface area contributed by atoms with Crippen molar-refractivity contribution in [2.75, 3.05) is 11.9 Å². The fourth-order valence-electron chi connectivity index (χ4n) is 3.25. The molecule has 0 fully saturated rings. The minimum absolute atomic E-state index is 0.0907. The molecule has 0 atom stereocenters. The lowest BCUT2D eigenvalue weighted by Gasteiger charge is -2.12. The Hall–Kier alpha value is -3.04. The van der Waals surface area contributed by atoms with E-state index < -0.39 is 21.8 Å². The van der Waals surface area contributed by atoms with Crippen LogP contribution in [-0.2, 0) is 10.0 Å². The first-order valence-electron chi connectivity index (χ1n) is 10.1. The van der Waals surface area contributed by atoms with Gasteiger partial charge in [-0.05, 0) is 62.7 Å². The maximum absolute atomic E-state index is 12.6. The third-order valence-corrected chi connectivity index (χ3v) is 6.46. The molecule has 0 aliphatic carbocycles. The summed E-state index contributed by atoms with van der Waals surface area (Å²) in [6.45, 7) is 5.78. The number of nitrogens with one attached hydrogen (secondary N) is 2. The Kier molecular flexibility index (Phi) is 6.56. The van der Waals surface area contributed by atoms with Gasteiger partial charge in [0.25, 0.3) is 17.7 Å². The van der Waals surface area contributed by atoms with E-state index in [9.17, 15) is 22.8 Å². The van der Waals surface area contributed by atoms with E-state index in [1.54, 1.807) is 13.8 Å². The number of anilines is 1. The van der Waals surface area contributed by atoms with Gasteiger partial charge in [-0.25, -0.2) is 13.1 Å². The van der Waals surface area contributed by atoms with Gasteiger partial charge in [-0.15, -0.1) is 0 Å². The number of imide groups is 1. The second-order valence-electron chi connectivity index (χ2n) is 7.63. The molecule has 0 saturated carbocycles. The Bertz CT molecular complexity index is 1120. The summed E-state index contributed by atoms with van der Waals surface area (Å²) >= 11 is 0. The zero-order valence-corrected chi connectivity index (χ0v) is 18.5. The molecule has 3 amide bonds. The number of rotatable bonds is 8. The second-order valence-corrected chi connectivity index (χ2v) is 9.34. The molecule has 2 aromatic carbocycles. The Labute approximate surface area is 181 Å². The van der Waals surface area contributed by atoms with Gasteiger partial charge in [0.1, 0.15) is 0 Å². The molecule has 1 aliphatic heterocycles. The SMILES string of the molecule is CCCCN1C(=O)c2ccc(C(=O)Nc3ccc(S(=O)(=O)NC(C)C)cc3)cc2C1=O. The molecule has 1 aliphatic rings. The van der Waals surface area contributed by atoms with Crippen LogP contribution in [0.4, 0.5) is 5.69 Å². The van der Waals surface area contributed by atoms with Crippen LogP contribution in [0.2, 0.25) is 0 Å². The molecule has 2 N–H and O–H groups in total. The maximum Gasteiger partial charge on any atom is 0.261 e. The fourth-order valence-corrected chi connectivity index (χ4v) is 4.50. The van der Waals surface area contributed by atoms with Crippen LogP contribution in [0.3, 0.4) is 0 Å². The van der Waals surface area contributed by atoms with Crippen LogP contribution >= 0.6 is 0 Å². The number of unbranched alkanes of at least 4 members (excludes halogenated alkanes) is 1. The molecule has 164 valence electrons. The smallest absolute Gasteiger partial charge is 0.261 e. The average Bonchev–Trinajstić information content (AvgIpc) is 2.95. The quantitative estimate of drug-likeness (QED) is 0.609. The van der Waals surface area contributed by atoms with Crippen LogP contribution < -0.4 is 10.0 Å². The van der Waals surface area contributed by atoms with Gasteiger partial charge in [-0.2, -0.15) is 0 Å². The predicted molar refractivity (Wildman–Crippen MR) is 117 cm³/mol. The number of amides is 3. The highest BCUT2D eigenvalue weighted by molar-refractivity contribution is 7.89. The molecular weight excluding hydrogens is 418 g/mol. The zero-order valence-electron chi connectivity index (χ0n) is 17.6. The van der Waals surface area contributed by atoms with E-state index in [1.165, 1.54) is 47.4 Å². The molecule has 9 heteroatoms. The summed E-state index contributed by atoms with van der Waals surface area (Å²) in [4.78, 5) is 38.9. The standard InChI is InChI=1S/C22H25N3O5S/c1-4-5-12-25-21(27)18-11-6-15(13-19(18)22(25)28)20(26)23-16-7-9-17(10-8-16)31(29,30)24-14(2)3/h6-11,13-14,24H,4-5,12H2,1-3H3,(H,23,26). The summed E-state index contributed by atoms with van der Waals surface area (Å²) in [5.41, 5.74) is 1.15. The monoisotopic (exact) mass is 443 g/mol. The summed E-state index contributed by atoms with van der Waals surface area (Å²) < 4.78 is 26.9. The van der Waals surface area contributed by atoms with Gasteiger partial charge in [0.05, 0.1) is 16.0 Å². The summed E-state index contributed by atoms with van der Waals surface area (Å²) in [5, 5.41) is 2.68. The maximum atomic E-state index is 12.6. The highest BCUT2D eigenvalue weighted by Crippen LogP contribution is 2.25. The van der Waals surface area contributed by atoms with Crippen molar-refractivity contribution in [3.8, 4) is 0 Å². The van der Waals surface area contributed by atoms with Gasteiger partial charge in [0.15, 0.2) is 0 Å². The van der Waals surface area contributed by atoms with E-state index in [0.29, 0.717) is 17.8 Å². The molecule has 0 radical (unpaired) electrons. The van der Waals surface area contributed by atoms with Gasteiger partial charge in [0, 0.05) is 23.8 Å². The van der Waals surface area contributed by atoms with Gasteiger partial charge in [-0.1, -0.05) is 13.3 Å². The number of hydrogen-bond donors (Lipinski definition) is 2. The van der Waals surface area contributed by atoms with Crippen molar-refractivity contribution in [1.29, 1.82) is 0 Å². The van der Waals surface area contributed by atoms with E-state index in [2.05, 4.69) is 10.0 Å². The van der Waals surface area contributed by atoms with Gasteiger partial charge >= 0.3 is 0 Å². The van der Waals surface area contributed by atoms with E-state index in [1.807, 2.05) is 6.92 Å². The average molecular weight is 444 g/mol. The van der Waals surface area contributed by atoms with Crippen LogP contribution in [0, 0.1) is 0 Å². The minimum atomic E-state index is -3.62. The highest BCUT2D eigenvalue weighted by atomic mass is 32.2. The molecule has 8 nitrogen and oxygen atoms in total. The molecule has 3 rings (SSSR count). The van der Waals surface area contributed by atoms with Gasteiger partial charge in [-0.3, -0.25) is 19.3 Å². The molecule has 0 bridgehead atoms. The first kappa shape index (κ1) is 22.6. The lowest BCUT2D eigenvalue weighted by Crippen LogP contribution is -2.30. The summed E-state index contributed by atoms with van der Waals surface area (Å²) in [6, 6.07) is 9.94. The molecule has 0 aromatic heterocycles. The first-order chi connectivity index (χ1) is 14.6. The van der Waals surface area contributed by atoms with E-state index in [0.717, 1.165) is 12.8 Å². The van der Waals surface area contributed by atoms with Crippen LogP contribution in [0.1, 0.15) is 64.7 Å². The molecule has 2 aromatic rings. The predicted octanol–water partition coefficient (Wildman–Crippen LogP) is 3.02. The lowest BCUT2D eigenvalue weighted by molar-refractivity contribution is 0.0652. The Morgan fingerprint density at radius 1 is 1.00 bits per heavy atom. The normalized spacial score (nSPS) is 13.6. The Morgan fingerprint density at radius 3 is 2.26 bits per heavy atom. The molecule has 0 saturated heterocycles. The number of hydrogen-bond acceptors (Lipinski definition) is 5. The fraction of sp³-hybridized carbons (Fsp3) is 0.318. The Balaban J connectivity index is 1.75. The highest BCUT2D eigenvalue weighted by Gasteiger charge is 2.35. The van der Waals surface area contributed by atoms with Crippen molar-refractivity contribution in [2.45, 2.75) is 44.6 Å². The Morgan fingerprint density at radius 2 is 1.65 bits per heavy atom. The van der Waals surface area contributed by atoms with Crippen molar-refractivity contribution in [3.63, 3.8) is 0 Å². The number of fused-ring (bicyclic) bond motifs is 1. The molecular formula is C22H25N3O5S. The van der Waals surface area contributed by atoms with Crippen LogP contribution in [0.5, 0.6) is 0 Å². The molecule has 1 heterocycles. The van der Waals surface area contributed by atoms with Crippen molar-refractivity contribution in [3.05, 3.63) is 59.2 Å². The van der Waals surface area contributed by atoms with Crippen molar-refractivity contribution < 1.29 is 22.8 Å². The van der Waals surface area contributed by atoms with Crippen LogP contribution in [0.25, 0.3) is 0 Å². The van der Waals surface area contributed by atoms with Crippen molar-refractivity contribution >= 4 is 33.4 Å². The van der Waals surface area contributed by atoms with Crippen molar-refractivity contribution in [2.24, 2.45) is 0 Å². The van der Waals surface area contributed by atoms with E-state index in [-0.39, 0.29) is 28.0 Å². The summed E-state index contributed by atoms with van der Waals surface area (Å²) in [6.07, 6.45) is 1.58. The van der Waals surface area contributed by atoms with Crippen molar-refractivity contribution in [1.82, 2.24) is 9.62 Å². The third-order valence-electron chi connectivity index (χ3n) is 4.78. The van der Waals surface area contributed by atoms with Gasteiger partial charge in [0.2, 0.25) is 10.0 Å². The number of carbonyl (C=O) groups excluding carboxylic acids is 3. The third kappa shape index (κ3) is 4.83. The summed E-state index contributed by atoms with van der Waals surface area (Å²) in [5.74, 6) is -1.20. The molecule has 0 spiro atoms. The second kappa shape index (κ2) is 8.99. The molecule has 0 unspecified atom stereocenters. The van der Waals surface area contributed by atoms with Gasteiger partial charge < -0.3 is 5.32 Å². The number of benzene rings is 2. The zero-order chi connectivity index (χ0) is 22.8. The van der Waals surface area contributed by atoms with Crippen LogP contribution in [0.15, 0.2) is 47.4 Å². The van der Waals surface area contributed by atoms with Crippen LogP contribution in [-0.4, -0.2) is 43.6 Å². The first-order valence-corrected chi connectivity index (χ1v) is 11.6. The minimum Gasteiger partial charge on any atom is -0.322 e. The molecule has 31 heavy (non-hydrogen) atoms. The topological polar surface area (TPSA) is 113 Å². The van der Waals surface area contributed by atoms with E-state index in [4.69, 9.17) is 0 Å². The number of sulfonamides is 1. The number of nitrogens with zero attached hydrogens (tertiary/aromatic N) is 1. The lowest BCUT2D eigenvalue weighted by atomic mass is 10.1. The summed E-state index contributed by atoms with van der Waals surface area (Å²) in [7, 11) is -3.62.